The van der Waals surface area contributed by atoms with Gasteiger partial charge in [0.05, 0.1) is 23.0 Å². The van der Waals surface area contributed by atoms with E-state index in [0.29, 0.717) is 10.9 Å². The molecule has 1 saturated carbocycles. The molecule has 0 radical (unpaired) electrons. The third-order valence-corrected chi connectivity index (χ3v) is 5.20. The van der Waals surface area contributed by atoms with Gasteiger partial charge < -0.3 is 10.6 Å². The van der Waals surface area contributed by atoms with E-state index in [9.17, 15) is 0 Å². The zero-order chi connectivity index (χ0) is 14.9. The molecule has 1 aliphatic carbocycles. The number of nitrogens with zero attached hydrogens (tertiary/aromatic N) is 3. The van der Waals surface area contributed by atoms with E-state index in [2.05, 4.69) is 37.9 Å². The molecule has 1 aromatic heterocycles. The Morgan fingerprint density at radius 1 is 1.60 bits per heavy atom. The first kappa shape index (κ1) is 15.8. The van der Waals surface area contributed by atoms with Gasteiger partial charge in [-0.2, -0.15) is 5.10 Å². The number of hydrogen-bond donors (Lipinski definition) is 1. The maximum Gasteiger partial charge on any atom is 0.0834 e. The second-order valence-corrected chi connectivity index (χ2v) is 6.78. The molecular weight excluding hydrogens is 272 g/mol. The van der Waals surface area contributed by atoms with Gasteiger partial charge in [-0.1, -0.05) is 31.4 Å². The number of halogens is 1. The molecule has 114 valence electrons. The minimum Gasteiger partial charge on any atom is -0.321 e. The van der Waals surface area contributed by atoms with Crippen molar-refractivity contribution in [3.63, 3.8) is 0 Å². The average molecular weight is 299 g/mol. The quantitative estimate of drug-likeness (QED) is 0.929. The fourth-order valence-electron chi connectivity index (χ4n) is 3.72. The van der Waals surface area contributed by atoms with Crippen LogP contribution in [0.2, 0.25) is 5.02 Å². The van der Waals surface area contributed by atoms with Gasteiger partial charge in [-0.15, -0.1) is 0 Å². The van der Waals surface area contributed by atoms with Crippen LogP contribution in [0, 0.1) is 5.92 Å². The Bertz CT molecular complexity index is 457. The Balaban J connectivity index is 2.41. The molecule has 4 nitrogen and oxygen atoms in total. The predicted molar refractivity (Wildman–Crippen MR) is 83.9 cm³/mol. The maximum atomic E-state index is 6.70. The van der Waals surface area contributed by atoms with Crippen LogP contribution in [0.25, 0.3) is 0 Å². The molecule has 3 unspecified atom stereocenters. The Kier molecular flexibility index (Phi) is 4.77. The predicted octanol–water partition coefficient (Wildman–Crippen LogP) is 3.07. The molecule has 0 aromatic carbocycles. The molecule has 2 N–H and O–H groups in total. The van der Waals surface area contributed by atoms with Crippen LogP contribution in [0.5, 0.6) is 0 Å². The summed E-state index contributed by atoms with van der Waals surface area (Å²) >= 11 is 6.36. The molecule has 20 heavy (non-hydrogen) atoms. The van der Waals surface area contributed by atoms with E-state index < -0.39 is 0 Å². The smallest absolute Gasteiger partial charge is 0.0834 e. The summed E-state index contributed by atoms with van der Waals surface area (Å²) in [5, 5.41) is 5.04. The van der Waals surface area contributed by atoms with E-state index in [-0.39, 0.29) is 11.6 Å². The van der Waals surface area contributed by atoms with E-state index in [4.69, 9.17) is 17.3 Å². The minimum absolute atomic E-state index is 0.0196. The first-order chi connectivity index (χ1) is 9.42. The second-order valence-electron chi connectivity index (χ2n) is 6.37. The van der Waals surface area contributed by atoms with Crippen molar-refractivity contribution in [2.45, 2.75) is 57.7 Å². The molecule has 3 atom stereocenters. The lowest BCUT2D eigenvalue weighted by molar-refractivity contribution is 0.0473. The van der Waals surface area contributed by atoms with E-state index >= 15 is 0 Å². The summed E-state index contributed by atoms with van der Waals surface area (Å²) in [4.78, 5) is 2.30. The van der Waals surface area contributed by atoms with E-state index in [0.717, 1.165) is 25.1 Å². The molecule has 0 saturated heterocycles. The lowest BCUT2D eigenvalue weighted by atomic mass is 9.70. The van der Waals surface area contributed by atoms with Crippen molar-refractivity contribution in [1.82, 2.24) is 14.7 Å². The topological polar surface area (TPSA) is 47.1 Å². The summed E-state index contributed by atoms with van der Waals surface area (Å²) in [6.45, 7) is 5.20. The highest BCUT2D eigenvalue weighted by Crippen LogP contribution is 2.44. The highest BCUT2D eigenvalue weighted by atomic mass is 35.5. The molecule has 1 aliphatic rings. The lowest BCUT2D eigenvalue weighted by Crippen LogP contribution is -2.55. The second kappa shape index (κ2) is 6.04. The fourth-order valence-corrected chi connectivity index (χ4v) is 3.98. The van der Waals surface area contributed by atoms with Crippen LogP contribution in [0.1, 0.15) is 51.3 Å². The SMILES string of the molecule is CCn1ncc(Cl)c1C(N)C1(N(C)C)CCCC(C)C1. The summed E-state index contributed by atoms with van der Waals surface area (Å²) in [5.74, 6) is 0.703. The summed E-state index contributed by atoms with van der Waals surface area (Å²) in [5.41, 5.74) is 7.67. The Hall–Kier alpha value is -0.580. The van der Waals surface area contributed by atoms with Crippen LogP contribution in [-0.4, -0.2) is 34.3 Å². The third-order valence-electron chi connectivity index (χ3n) is 4.91. The summed E-state index contributed by atoms with van der Waals surface area (Å²) in [6.07, 6.45) is 6.48. The first-order valence-electron chi connectivity index (χ1n) is 7.56. The normalized spacial score (nSPS) is 28.9. The zero-order valence-electron chi connectivity index (χ0n) is 13.1. The van der Waals surface area contributed by atoms with Crippen LogP contribution >= 0.6 is 11.6 Å². The van der Waals surface area contributed by atoms with Crippen LogP contribution in [0.15, 0.2) is 6.20 Å². The van der Waals surface area contributed by atoms with E-state index in [1.165, 1.54) is 12.8 Å². The third kappa shape index (κ3) is 2.61. The van der Waals surface area contributed by atoms with Crippen LogP contribution in [-0.2, 0) is 6.54 Å². The standard InChI is InChI=1S/C15H27ClN4/c1-5-20-13(12(16)10-18-20)14(17)15(19(3)4)8-6-7-11(2)9-15/h10-11,14H,5-9,17H2,1-4H3. The number of likely N-dealkylation sites (N-methyl/N-ethyl adjacent to an activating group) is 1. The van der Waals surface area contributed by atoms with E-state index in [1.54, 1.807) is 6.20 Å². The molecule has 2 rings (SSSR count). The van der Waals surface area contributed by atoms with Gasteiger partial charge in [-0.05, 0) is 39.8 Å². The van der Waals surface area contributed by atoms with Gasteiger partial charge >= 0.3 is 0 Å². The van der Waals surface area contributed by atoms with Gasteiger partial charge in [-0.3, -0.25) is 4.68 Å². The van der Waals surface area contributed by atoms with Crippen LogP contribution < -0.4 is 5.73 Å². The van der Waals surface area contributed by atoms with Crippen LogP contribution in [0.4, 0.5) is 0 Å². The van der Waals surface area contributed by atoms with Crippen LogP contribution in [0.3, 0.4) is 0 Å². The van der Waals surface area contributed by atoms with Crippen molar-refractivity contribution in [2.75, 3.05) is 14.1 Å². The van der Waals surface area contributed by atoms with Crippen molar-refractivity contribution in [3.05, 3.63) is 16.9 Å². The van der Waals surface area contributed by atoms with Gasteiger partial charge in [0.25, 0.3) is 0 Å². The Morgan fingerprint density at radius 2 is 2.30 bits per heavy atom. The largest absolute Gasteiger partial charge is 0.321 e. The molecule has 5 heteroatoms. The molecular formula is C15H27ClN4. The summed E-state index contributed by atoms with van der Waals surface area (Å²) < 4.78 is 1.94. The average Bonchev–Trinajstić information content (AvgIpc) is 2.78. The highest BCUT2D eigenvalue weighted by molar-refractivity contribution is 6.31. The van der Waals surface area contributed by atoms with Gasteiger partial charge in [0.2, 0.25) is 0 Å². The number of aromatic nitrogens is 2. The van der Waals surface area contributed by atoms with Crippen molar-refractivity contribution in [1.29, 1.82) is 0 Å². The number of nitrogens with two attached hydrogens (primary N) is 1. The number of hydrogen-bond acceptors (Lipinski definition) is 3. The molecule has 0 amide bonds. The Morgan fingerprint density at radius 3 is 2.85 bits per heavy atom. The first-order valence-corrected chi connectivity index (χ1v) is 7.94. The highest BCUT2D eigenvalue weighted by Gasteiger charge is 2.44. The van der Waals surface area contributed by atoms with Gasteiger partial charge in [-0.25, -0.2) is 0 Å². The maximum absolute atomic E-state index is 6.70. The summed E-state index contributed by atoms with van der Waals surface area (Å²) in [6, 6.07) is -0.102. The molecule has 1 aromatic rings. The number of aryl methyl sites for hydroxylation is 1. The van der Waals surface area contributed by atoms with Crippen molar-refractivity contribution in [3.8, 4) is 0 Å². The van der Waals surface area contributed by atoms with Crippen molar-refractivity contribution < 1.29 is 0 Å². The molecule has 0 spiro atoms. The monoisotopic (exact) mass is 298 g/mol. The fraction of sp³-hybridized carbons (Fsp3) is 0.800. The zero-order valence-corrected chi connectivity index (χ0v) is 13.8. The minimum atomic E-state index is -0.102. The summed E-state index contributed by atoms with van der Waals surface area (Å²) in [7, 11) is 4.27. The van der Waals surface area contributed by atoms with Gasteiger partial charge in [0, 0.05) is 12.1 Å². The van der Waals surface area contributed by atoms with Crippen molar-refractivity contribution in [2.24, 2.45) is 11.7 Å². The van der Waals surface area contributed by atoms with Gasteiger partial charge in [0.15, 0.2) is 0 Å². The molecule has 0 aliphatic heterocycles. The number of rotatable bonds is 4. The molecule has 0 bridgehead atoms. The molecule has 1 heterocycles. The molecule has 1 fully saturated rings. The lowest BCUT2D eigenvalue weighted by Gasteiger charge is -2.49. The van der Waals surface area contributed by atoms with Crippen molar-refractivity contribution >= 4 is 11.6 Å². The Labute approximate surface area is 127 Å². The van der Waals surface area contributed by atoms with E-state index in [1.807, 2.05) is 4.68 Å². The van der Waals surface area contributed by atoms with Gasteiger partial charge in [0.1, 0.15) is 0 Å².